The van der Waals surface area contributed by atoms with Crippen LogP contribution >= 0.6 is 0 Å². The summed E-state index contributed by atoms with van der Waals surface area (Å²) >= 11 is 0. The second-order valence-corrected chi connectivity index (χ2v) is 6.05. The van der Waals surface area contributed by atoms with Crippen molar-refractivity contribution in [2.24, 2.45) is 0 Å². The number of nitrogens with zero attached hydrogens (tertiary/aromatic N) is 2. The van der Waals surface area contributed by atoms with E-state index in [1.807, 2.05) is 0 Å². The van der Waals surface area contributed by atoms with Crippen molar-refractivity contribution in [1.29, 1.82) is 0 Å². The molecule has 0 spiro atoms. The topological polar surface area (TPSA) is 93.2 Å². The Morgan fingerprint density at radius 1 is 1.07 bits per heavy atom. The number of para-hydroxylation sites is 1. The molecule has 0 aliphatic heterocycles. The molecule has 2 N–H and O–H groups in total. The minimum absolute atomic E-state index is 0.119. The third-order valence-electron chi connectivity index (χ3n) is 4.14. The van der Waals surface area contributed by atoms with Crippen LogP contribution in [-0.4, -0.2) is 35.5 Å². The smallest absolute Gasteiger partial charge is 0.339 e. The number of rotatable bonds is 7. The number of aromatic nitrogens is 2. The zero-order valence-electron chi connectivity index (χ0n) is 15.7. The maximum absolute atomic E-state index is 13.7. The number of anilines is 2. The van der Waals surface area contributed by atoms with Crippen LogP contribution in [0.3, 0.4) is 0 Å². The van der Waals surface area contributed by atoms with E-state index in [2.05, 4.69) is 20.6 Å². The number of carbonyl (C=O) groups excluding carboxylic acids is 2. The lowest BCUT2D eigenvalue weighted by Gasteiger charge is -2.10. The number of halogens is 1. The Balaban J connectivity index is 1.66. The van der Waals surface area contributed by atoms with E-state index in [9.17, 15) is 14.0 Å². The monoisotopic (exact) mass is 394 g/mol. The highest BCUT2D eigenvalue weighted by atomic mass is 19.1. The van der Waals surface area contributed by atoms with Crippen LogP contribution < -0.4 is 10.6 Å². The van der Waals surface area contributed by atoms with Crippen LogP contribution in [0, 0.1) is 5.82 Å². The highest BCUT2D eigenvalue weighted by Crippen LogP contribution is 2.17. The first-order valence-corrected chi connectivity index (χ1v) is 8.86. The van der Waals surface area contributed by atoms with Crippen molar-refractivity contribution >= 4 is 23.4 Å². The third kappa shape index (κ3) is 5.13. The van der Waals surface area contributed by atoms with E-state index < -0.39 is 11.9 Å². The van der Waals surface area contributed by atoms with Gasteiger partial charge in [-0.1, -0.05) is 30.3 Å². The van der Waals surface area contributed by atoms with Gasteiger partial charge < -0.3 is 15.4 Å². The summed E-state index contributed by atoms with van der Waals surface area (Å²) in [6.07, 6.45) is 1.72. The summed E-state index contributed by atoms with van der Waals surface area (Å²) in [6.45, 7) is 0.435. The standard InChI is InChI=1S/C21H19FN4O3/c1-29-21(28)15-7-3-5-9-17(15)26-20(27)18-12-19(25-13-24-18)23-11-10-14-6-2-4-8-16(14)22/h2-9,12-13H,10-11H2,1H3,(H,26,27)(H,23,24,25). The van der Waals surface area contributed by atoms with Crippen molar-refractivity contribution in [2.75, 3.05) is 24.3 Å². The van der Waals surface area contributed by atoms with Crippen LogP contribution in [0.25, 0.3) is 0 Å². The quantitative estimate of drug-likeness (QED) is 0.597. The summed E-state index contributed by atoms with van der Waals surface area (Å²) < 4.78 is 18.4. The Kier molecular flexibility index (Phi) is 6.47. The maximum Gasteiger partial charge on any atom is 0.339 e. The molecule has 2 aromatic carbocycles. The molecular formula is C21H19FN4O3. The van der Waals surface area contributed by atoms with Gasteiger partial charge in [-0.25, -0.2) is 19.2 Å². The first kappa shape index (κ1) is 19.9. The van der Waals surface area contributed by atoms with Crippen molar-refractivity contribution in [2.45, 2.75) is 6.42 Å². The molecule has 1 heterocycles. The van der Waals surface area contributed by atoms with E-state index >= 15 is 0 Å². The fraction of sp³-hybridized carbons (Fsp3) is 0.143. The molecule has 0 saturated heterocycles. The summed E-state index contributed by atoms with van der Waals surface area (Å²) in [5, 5.41) is 5.70. The first-order valence-electron chi connectivity index (χ1n) is 8.86. The number of methoxy groups -OCH3 is 1. The average molecular weight is 394 g/mol. The summed E-state index contributed by atoms with van der Waals surface area (Å²) in [4.78, 5) is 32.4. The molecule has 0 fully saturated rings. The van der Waals surface area contributed by atoms with Gasteiger partial charge in [0, 0.05) is 12.6 Å². The van der Waals surface area contributed by atoms with Gasteiger partial charge in [-0.15, -0.1) is 0 Å². The second-order valence-electron chi connectivity index (χ2n) is 6.05. The van der Waals surface area contributed by atoms with E-state index in [1.54, 1.807) is 42.5 Å². The van der Waals surface area contributed by atoms with Gasteiger partial charge in [0.05, 0.1) is 18.4 Å². The Morgan fingerprint density at radius 2 is 1.83 bits per heavy atom. The molecule has 0 aliphatic rings. The highest BCUT2D eigenvalue weighted by molar-refractivity contribution is 6.07. The van der Waals surface area contributed by atoms with Crippen LogP contribution in [0.15, 0.2) is 60.9 Å². The van der Waals surface area contributed by atoms with Gasteiger partial charge in [0.1, 0.15) is 23.7 Å². The predicted molar refractivity (Wildman–Crippen MR) is 106 cm³/mol. The van der Waals surface area contributed by atoms with Crippen molar-refractivity contribution in [3.63, 3.8) is 0 Å². The molecular weight excluding hydrogens is 375 g/mol. The summed E-state index contributed by atoms with van der Waals surface area (Å²) in [5.74, 6) is -0.885. The summed E-state index contributed by atoms with van der Waals surface area (Å²) in [7, 11) is 1.27. The Labute approximate surface area is 167 Å². The Morgan fingerprint density at radius 3 is 2.62 bits per heavy atom. The van der Waals surface area contributed by atoms with Gasteiger partial charge in [0.25, 0.3) is 5.91 Å². The van der Waals surface area contributed by atoms with Gasteiger partial charge in [-0.05, 0) is 30.2 Å². The van der Waals surface area contributed by atoms with Crippen LogP contribution in [0.5, 0.6) is 0 Å². The predicted octanol–water partition coefficient (Wildman–Crippen LogP) is 3.31. The third-order valence-corrected chi connectivity index (χ3v) is 4.14. The van der Waals surface area contributed by atoms with Gasteiger partial charge >= 0.3 is 5.97 Å². The Hall–Kier alpha value is -3.81. The normalized spacial score (nSPS) is 10.3. The summed E-state index contributed by atoms with van der Waals surface area (Å²) in [6, 6.07) is 14.5. The maximum atomic E-state index is 13.7. The van der Waals surface area contributed by atoms with Crippen molar-refractivity contribution in [3.8, 4) is 0 Å². The van der Waals surface area contributed by atoms with Crippen molar-refractivity contribution < 1.29 is 18.7 Å². The lowest BCUT2D eigenvalue weighted by molar-refractivity contribution is 0.0602. The Bertz CT molecular complexity index is 1030. The first-order chi connectivity index (χ1) is 14.1. The van der Waals surface area contributed by atoms with Crippen LogP contribution in [0.4, 0.5) is 15.9 Å². The molecule has 1 amide bonds. The fourth-order valence-electron chi connectivity index (χ4n) is 2.67. The highest BCUT2D eigenvalue weighted by Gasteiger charge is 2.15. The lowest BCUT2D eigenvalue weighted by atomic mass is 10.1. The molecule has 0 saturated carbocycles. The molecule has 0 unspecified atom stereocenters. The molecule has 0 radical (unpaired) electrons. The molecule has 148 valence electrons. The van der Waals surface area contributed by atoms with E-state index in [0.717, 1.165) is 0 Å². The summed E-state index contributed by atoms with van der Waals surface area (Å²) in [5.41, 5.74) is 1.26. The molecule has 3 aromatic rings. The van der Waals surface area contributed by atoms with E-state index in [4.69, 9.17) is 4.74 Å². The van der Waals surface area contributed by atoms with Crippen LogP contribution in [0.2, 0.25) is 0 Å². The van der Waals surface area contributed by atoms with Crippen molar-refractivity contribution in [3.05, 3.63) is 83.6 Å². The van der Waals surface area contributed by atoms with E-state index in [1.165, 1.54) is 25.6 Å². The van der Waals surface area contributed by atoms with E-state index in [0.29, 0.717) is 30.0 Å². The SMILES string of the molecule is COC(=O)c1ccccc1NC(=O)c1cc(NCCc2ccccc2F)ncn1. The minimum atomic E-state index is -0.556. The molecule has 1 aromatic heterocycles. The van der Waals surface area contributed by atoms with E-state index in [-0.39, 0.29) is 17.1 Å². The second kappa shape index (κ2) is 9.41. The minimum Gasteiger partial charge on any atom is -0.465 e. The molecule has 0 bridgehead atoms. The zero-order chi connectivity index (χ0) is 20.6. The number of benzene rings is 2. The van der Waals surface area contributed by atoms with Crippen LogP contribution in [-0.2, 0) is 11.2 Å². The molecule has 29 heavy (non-hydrogen) atoms. The molecule has 3 rings (SSSR count). The zero-order valence-corrected chi connectivity index (χ0v) is 15.7. The van der Waals surface area contributed by atoms with Crippen LogP contribution in [0.1, 0.15) is 26.4 Å². The number of carbonyl (C=O) groups is 2. The van der Waals surface area contributed by atoms with Gasteiger partial charge in [-0.3, -0.25) is 4.79 Å². The van der Waals surface area contributed by atoms with Gasteiger partial charge in [0.15, 0.2) is 0 Å². The number of ether oxygens (including phenoxy) is 1. The molecule has 8 heteroatoms. The fourth-order valence-corrected chi connectivity index (χ4v) is 2.67. The number of hydrogen-bond acceptors (Lipinski definition) is 6. The number of hydrogen-bond donors (Lipinski definition) is 2. The van der Waals surface area contributed by atoms with Crippen molar-refractivity contribution in [1.82, 2.24) is 9.97 Å². The number of amides is 1. The number of esters is 1. The number of nitrogens with one attached hydrogen (secondary N) is 2. The molecule has 0 atom stereocenters. The molecule has 0 aliphatic carbocycles. The lowest BCUT2D eigenvalue weighted by Crippen LogP contribution is -2.17. The molecule has 7 nitrogen and oxygen atoms in total. The van der Waals surface area contributed by atoms with Gasteiger partial charge in [0.2, 0.25) is 0 Å². The largest absolute Gasteiger partial charge is 0.465 e. The van der Waals surface area contributed by atoms with Gasteiger partial charge in [-0.2, -0.15) is 0 Å². The average Bonchev–Trinajstić information content (AvgIpc) is 2.75.